The summed E-state index contributed by atoms with van der Waals surface area (Å²) in [6.45, 7) is 3.26. The topological polar surface area (TPSA) is 137 Å². The minimum Gasteiger partial charge on any atom is -0.384 e. The maximum atomic E-state index is 13.0. The maximum absolute atomic E-state index is 13.0. The van der Waals surface area contributed by atoms with Gasteiger partial charge in [-0.25, -0.2) is 15.0 Å². The highest BCUT2D eigenvalue weighted by molar-refractivity contribution is 6.04. The number of carbonyl (C=O) groups excluding carboxylic acids is 2. The molecule has 0 radical (unpaired) electrons. The smallest absolute Gasteiger partial charge is 0.384 e. The molecule has 42 heavy (non-hydrogen) atoms. The molecule has 0 bridgehead atoms. The number of halogens is 3. The Balaban J connectivity index is 1.43. The number of rotatable bonds is 7. The minimum atomic E-state index is -4.56. The van der Waals surface area contributed by atoms with Crippen LogP contribution in [-0.2, 0) is 20.4 Å². The SMILES string of the molecule is COCCC(=O)N1CCO[C@@H](c2nc(-c3ccc(C(=O)Nc4cc(C(F)(F)F)ccn4)cc3)c3c(N)ncc(C)n23)C1. The third-order valence-corrected chi connectivity index (χ3v) is 6.87. The summed E-state index contributed by atoms with van der Waals surface area (Å²) >= 11 is 0. The van der Waals surface area contributed by atoms with Crippen LogP contribution in [-0.4, -0.2) is 69.5 Å². The fourth-order valence-electron chi connectivity index (χ4n) is 4.75. The molecule has 2 amide bonds. The molecule has 3 N–H and O–H groups in total. The molecular weight excluding hydrogens is 555 g/mol. The number of alkyl halides is 3. The van der Waals surface area contributed by atoms with Gasteiger partial charge in [-0.3, -0.25) is 14.0 Å². The summed E-state index contributed by atoms with van der Waals surface area (Å²) in [6.07, 6.45) is -2.23. The molecule has 5 rings (SSSR count). The van der Waals surface area contributed by atoms with E-state index in [1.165, 1.54) is 12.1 Å². The van der Waals surface area contributed by atoms with Gasteiger partial charge in [0.1, 0.15) is 34.8 Å². The van der Waals surface area contributed by atoms with E-state index in [0.29, 0.717) is 48.9 Å². The number of morpholine rings is 1. The molecule has 0 unspecified atom stereocenters. The first-order valence-electron chi connectivity index (χ1n) is 13.0. The highest BCUT2D eigenvalue weighted by atomic mass is 19.4. The largest absolute Gasteiger partial charge is 0.416 e. The molecule has 1 atom stereocenters. The average Bonchev–Trinajstić information content (AvgIpc) is 3.40. The van der Waals surface area contributed by atoms with Gasteiger partial charge in [-0.2, -0.15) is 13.2 Å². The van der Waals surface area contributed by atoms with Crippen molar-refractivity contribution in [3.05, 3.63) is 71.4 Å². The summed E-state index contributed by atoms with van der Waals surface area (Å²) in [5.41, 5.74) is 7.99. The number of aromatic nitrogens is 4. The summed E-state index contributed by atoms with van der Waals surface area (Å²) in [5, 5.41) is 2.39. The van der Waals surface area contributed by atoms with Gasteiger partial charge in [0, 0.05) is 42.9 Å². The van der Waals surface area contributed by atoms with Gasteiger partial charge in [0.2, 0.25) is 5.91 Å². The Morgan fingerprint density at radius 2 is 1.95 bits per heavy atom. The van der Waals surface area contributed by atoms with Gasteiger partial charge in [0.25, 0.3) is 5.91 Å². The maximum Gasteiger partial charge on any atom is 0.416 e. The molecule has 4 aromatic rings. The van der Waals surface area contributed by atoms with E-state index < -0.39 is 23.8 Å². The molecule has 14 heteroatoms. The number of methoxy groups -OCH3 is 1. The van der Waals surface area contributed by atoms with Crippen LogP contribution < -0.4 is 11.1 Å². The highest BCUT2D eigenvalue weighted by Gasteiger charge is 2.32. The lowest BCUT2D eigenvalue weighted by Gasteiger charge is -2.32. The normalized spacial score (nSPS) is 15.6. The van der Waals surface area contributed by atoms with Crippen LogP contribution in [0.25, 0.3) is 16.8 Å². The zero-order valence-corrected chi connectivity index (χ0v) is 22.8. The second-order valence-corrected chi connectivity index (χ2v) is 9.69. The van der Waals surface area contributed by atoms with Crippen LogP contribution in [0.5, 0.6) is 0 Å². The van der Waals surface area contributed by atoms with Gasteiger partial charge in [-0.1, -0.05) is 12.1 Å². The number of hydrogen-bond acceptors (Lipinski definition) is 8. The van der Waals surface area contributed by atoms with Crippen molar-refractivity contribution < 1.29 is 32.2 Å². The predicted octanol–water partition coefficient (Wildman–Crippen LogP) is 3.89. The van der Waals surface area contributed by atoms with Crippen molar-refractivity contribution in [2.45, 2.75) is 25.6 Å². The Bertz CT molecular complexity index is 1620. The van der Waals surface area contributed by atoms with E-state index in [9.17, 15) is 22.8 Å². The summed E-state index contributed by atoms with van der Waals surface area (Å²) in [6, 6.07) is 7.95. The minimum absolute atomic E-state index is 0.0432. The van der Waals surface area contributed by atoms with Crippen molar-refractivity contribution in [2.75, 3.05) is 44.5 Å². The van der Waals surface area contributed by atoms with Crippen molar-refractivity contribution in [1.82, 2.24) is 24.3 Å². The lowest BCUT2D eigenvalue weighted by molar-refractivity contribution is -0.140. The molecule has 1 aromatic carbocycles. The Kier molecular flexibility index (Phi) is 8.09. The quantitative estimate of drug-likeness (QED) is 0.335. The number of nitrogen functional groups attached to an aromatic ring is 1. The third-order valence-electron chi connectivity index (χ3n) is 6.87. The van der Waals surface area contributed by atoms with Crippen LogP contribution in [0.1, 0.15) is 40.0 Å². The zero-order valence-electron chi connectivity index (χ0n) is 22.8. The first kappa shape index (κ1) is 29.0. The monoisotopic (exact) mass is 583 g/mol. The number of fused-ring (bicyclic) bond motifs is 1. The van der Waals surface area contributed by atoms with Crippen molar-refractivity contribution in [3.63, 3.8) is 0 Å². The standard InChI is InChI=1S/C28H28F3N7O4/c1-16-14-34-25(32)24-23(36-26(38(16)24)20-15-37(10-12-42-20)22(39)8-11-41-2)17-3-5-18(6-4-17)27(40)35-21-13-19(7-9-33-21)28(29,30)31/h3-7,9,13-14,20H,8,10-12,15H2,1-2H3,(H2,32,34)(H,33,35,40)/t20-/m1/s1. The number of ether oxygens (including phenoxy) is 2. The van der Waals surface area contributed by atoms with Gasteiger partial charge in [-0.15, -0.1) is 0 Å². The number of pyridine rings is 1. The lowest BCUT2D eigenvalue weighted by Crippen LogP contribution is -2.43. The molecule has 1 saturated heterocycles. The Labute approximate surface area is 238 Å². The number of carbonyl (C=O) groups is 2. The average molecular weight is 584 g/mol. The van der Waals surface area contributed by atoms with Crippen LogP contribution in [0.15, 0.2) is 48.8 Å². The van der Waals surface area contributed by atoms with Gasteiger partial charge < -0.3 is 25.4 Å². The van der Waals surface area contributed by atoms with Crippen molar-refractivity contribution in [2.24, 2.45) is 0 Å². The van der Waals surface area contributed by atoms with E-state index >= 15 is 0 Å². The first-order chi connectivity index (χ1) is 20.1. The number of nitrogens with zero attached hydrogens (tertiary/aromatic N) is 5. The predicted molar refractivity (Wildman–Crippen MR) is 147 cm³/mol. The number of imidazole rings is 1. The highest BCUT2D eigenvalue weighted by Crippen LogP contribution is 2.34. The summed E-state index contributed by atoms with van der Waals surface area (Å²) in [7, 11) is 1.54. The van der Waals surface area contributed by atoms with Crippen LogP contribution in [0.4, 0.5) is 24.8 Å². The van der Waals surface area contributed by atoms with E-state index in [2.05, 4.69) is 15.3 Å². The van der Waals surface area contributed by atoms with Gasteiger partial charge in [0.15, 0.2) is 0 Å². The lowest BCUT2D eigenvalue weighted by atomic mass is 10.1. The van der Waals surface area contributed by atoms with E-state index in [4.69, 9.17) is 20.2 Å². The first-order valence-corrected chi connectivity index (χ1v) is 13.0. The van der Waals surface area contributed by atoms with E-state index in [1.54, 1.807) is 30.3 Å². The van der Waals surface area contributed by atoms with E-state index in [-0.39, 0.29) is 29.5 Å². The van der Waals surface area contributed by atoms with Crippen LogP contribution in [0.3, 0.4) is 0 Å². The number of nitrogens with two attached hydrogens (primary N) is 1. The second-order valence-electron chi connectivity index (χ2n) is 9.69. The summed E-state index contributed by atoms with van der Waals surface area (Å²) in [5.74, 6) is -0.114. The molecule has 0 saturated carbocycles. The zero-order chi connectivity index (χ0) is 30.0. The van der Waals surface area contributed by atoms with Crippen molar-refractivity contribution in [3.8, 4) is 11.3 Å². The molecule has 1 aliphatic heterocycles. The molecule has 0 aliphatic carbocycles. The second kappa shape index (κ2) is 11.7. The fourth-order valence-corrected chi connectivity index (χ4v) is 4.75. The number of hydrogen-bond donors (Lipinski definition) is 2. The summed E-state index contributed by atoms with van der Waals surface area (Å²) in [4.78, 5) is 40.1. The van der Waals surface area contributed by atoms with Gasteiger partial charge in [-0.05, 0) is 31.2 Å². The number of anilines is 2. The fraction of sp³-hybridized carbons (Fsp3) is 0.321. The van der Waals surface area contributed by atoms with Gasteiger partial charge in [0.05, 0.1) is 31.7 Å². The van der Waals surface area contributed by atoms with Crippen molar-refractivity contribution in [1.29, 1.82) is 0 Å². The number of benzene rings is 1. The number of aryl methyl sites for hydroxylation is 1. The molecule has 11 nitrogen and oxygen atoms in total. The number of amides is 2. The molecule has 220 valence electrons. The van der Waals surface area contributed by atoms with Crippen LogP contribution >= 0.6 is 0 Å². The van der Waals surface area contributed by atoms with Crippen molar-refractivity contribution >= 4 is 29.0 Å². The molecule has 1 fully saturated rings. The Morgan fingerprint density at radius 3 is 2.67 bits per heavy atom. The molecule has 3 aromatic heterocycles. The van der Waals surface area contributed by atoms with Crippen LogP contribution in [0.2, 0.25) is 0 Å². The molecule has 4 heterocycles. The van der Waals surface area contributed by atoms with Crippen LogP contribution in [0, 0.1) is 6.92 Å². The molecule has 0 spiro atoms. The van der Waals surface area contributed by atoms with E-state index in [0.717, 1.165) is 24.0 Å². The Morgan fingerprint density at radius 1 is 1.19 bits per heavy atom. The van der Waals surface area contributed by atoms with E-state index in [1.807, 2.05) is 11.3 Å². The van der Waals surface area contributed by atoms with Gasteiger partial charge >= 0.3 is 6.18 Å². The summed E-state index contributed by atoms with van der Waals surface area (Å²) < 4.78 is 52.0. The molecule has 1 aliphatic rings. The number of nitrogens with one attached hydrogen (secondary N) is 1. The molecular formula is C28H28F3N7O4. The third kappa shape index (κ3) is 5.90. The Hall–Kier alpha value is -4.56.